The van der Waals surface area contributed by atoms with Crippen molar-refractivity contribution in [2.24, 2.45) is 5.73 Å². The molecule has 0 heterocycles. The maximum absolute atomic E-state index is 11.5. The molecule has 0 aromatic heterocycles. The van der Waals surface area contributed by atoms with E-state index in [4.69, 9.17) is 5.73 Å². The van der Waals surface area contributed by atoms with Gasteiger partial charge < -0.3 is 11.1 Å². The molecular weight excluding hydrogens is 192 g/mol. The molecule has 0 radical (unpaired) electrons. The second-order valence-electron chi connectivity index (χ2n) is 3.05. The molecular formula is C11H12N2O2. The second-order valence-corrected chi connectivity index (χ2v) is 3.05. The quantitative estimate of drug-likeness (QED) is 0.722. The summed E-state index contributed by atoms with van der Waals surface area (Å²) in [6, 6.07) is 8.98. The van der Waals surface area contributed by atoms with Crippen molar-refractivity contribution in [2.45, 2.75) is 6.92 Å². The van der Waals surface area contributed by atoms with Crippen molar-refractivity contribution in [3.05, 3.63) is 42.0 Å². The molecule has 0 saturated heterocycles. The molecule has 0 fully saturated rings. The largest absolute Gasteiger partial charge is 0.366 e. The number of anilines is 1. The first kappa shape index (κ1) is 11.0. The molecule has 1 aromatic carbocycles. The van der Waals surface area contributed by atoms with Crippen LogP contribution in [0.5, 0.6) is 0 Å². The Morgan fingerprint density at radius 3 is 2.40 bits per heavy atom. The summed E-state index contributed by atoms with van der Waals surface area (Å²) in [5.74, 6) is -0.962. The number of carbonyl (C=O) groups excluding carboxylic acids is 2. The van der Waals surface area contributed by atoms with Gasteiger partial charge >= 0.3 is 0 Å². The van der Waals surface area contributed by atoms with Gasteiger partial charge in [-0.15, -0.1) is 0 Å². The molecule has 4 nitrogen and oxygen atoms in total. The standard InChI is InChI=1S/C11H12N2O2/c1-8(7-10(12)14)11(15)13-9-5-3-2-4-6-9/h2-7H,1H3,(H2,12,14)(H,13,15)/b8-7-. The van der Waals surface area contributed by atoms with E-state index in [1.165, 1.54) is 6.92 Å². The van der Waals surface area contributed by atoms with Crippen molar-refractivity contribution < 1.29 is 9.59 Å². The van der Waals surface area contributed by atoms with E-state index in [-0.39, 0.29) is 11.5 Å². The summed E-state index contributed by atoms with van der Waals surface area (Å²) in [6.45, 7) is 1.53. The smallest absolute Gasteiger partial charge is 0.251 e. The average molecular weight is 204 g/mol. The zero-order valence-electron chi connectivity index (χ0n) is 8.36. The van der Waals surface area contributed by atoms with Crippen LogP contribution >= 0.6 is 0 Å². The van der Waals surface area contributed by atoms with Gasteiger partial charge in [0, 0.05) is 17.3 Å². The Kier molecular flexibility index (Phi) is 3.62. The van der Waals surface area contributed by atoms with Crippen molar-refractivity contribution in [3.63, 3.8) is 0 Å². The third kappa shape index (κ3) is 3.64. The molecule has 0 atom stereocenters. The first-order valence-electron chi connectivity index (χ1n) is 4.43. The van der Waals surface area contributed by atoms with Crippen LogP contribution in [-0.2, 0) is 9.59 Å². The maximum atomic E-state index is 11.5. The Bertz CT molecular complexity index is 396. The number of para-hydroxylation sites is 1. The van der Waals surface area contributed by atoms with E-state index in [0.717, 1.165) is 6.08 Å². The molecule has 0 aliphatic heterocycles. The van der Waals surface area contributed by atoms with Crippen molar-refractivity contribution in [3.8, 4) is 0 Å². The highest BCUT2D eigenvalue weighted by Crippen LogP contribution is 2.06. The average Bonchev–Trinajstić information content (AvgIpc) is 2.18. The molecule has 0 aliphatic carbocycles. The molecule has 1 aromatic rings. The van der Waals surface area contributed by atoms with Gasteiger partial charge in [0.05, 0.1) is 0 Å². The minimum Gasteiger partial charge on any atom is -0.366 e. The number of nitrogens with one attached hydrogen (secondary N) is 1. The van der Waals surface area contributed by atoms with Crippen LogP contribution in [0.2, 0.25) is 0 Å². The van der Waals surface area contributed by atoms with E-state index in [0.29, 0.717) is 5.69 Å². The number of carbonyl (C=O) groups is 2. The van der Waals surface area contributed by atoms with Crippen LogP contribution in [-0.4, -0.2) is 11.8 Å². The maximum Gasteiger partial charge on any atom is 0.251 e. The Morgan fingerprint density at radius 2 is 1.87 bits per heavy atom. The Morgan fingerprint density at radius 1 is 1.27 bits per heavy atom. The van der Waals surface area contributed by atoms with Crippen molar-refractivity contribution >= 4 is 17.5 Å². The van der Waals surface area contributed by atoms with Crippen molar-refractivity contribution in [2.75, 3.05) is 5.32 Å². The van der Waals surface area contributed by atoms with Gasteiger partial charge in [-0.25, -0.2) is 0 Å². The first-order valence-corrected chi connectivity index (χ1v) is 4.43. The monoisotopic (exact) mass is 204 g/mol. The number of benzene rings is 1. The summed E-state index contributed by atoms with van der Waals surface area (Å²) < 4.78 is 0. The number of nitrogens with two attached hydrogens (primary N) is 1. The van der Waals surface area contributed by atoms with Crippen LogP contribution in [0.4, 0.5) is 5.69 Å². The number of hydrogen-bond donors (Lipinski definition) is 2. The molecule has 0 unspecified atom stereocenters. The molecule has 0 saturated carbocycles. The highest BCUT2D eigenvalue weighted by Gasteiger charge is 2.04. The minimum absolute atomic E-state index is 0.284. The molecule has 0 spiro atoms. The summed E-state index contributed by atoms with van der Waals surface area (Å²) in [5, 5.41) is 2.63. The number of rotatable bonds is 3. The molecule has 4 heteroatoms. The second kappa shape index (κ2) is 4.95. The lowest BCUT2D eigenvalue weighted by molar-refractivity contribution is -0.115. The summed E-state index contributed by atoms with van der Waals surface area (Å²) in [7, 11) is 0. The van der Waals surface area contributed by atoms with Crippen LogP contribution in [0, 0.1) is 0 Å². The van der Waals surface area contributed by atoms with Gasteiger partial charge in [0.2, 0.25) is 5.91 Å². The molecule has 2 amide bonds. The van der Waals surface area contributed by atoms with Gasteiger partial charge in [-0.1, -0.05) is 18.2 Å². The normalized spacial score (nSPS) is 10.9. The summed E-state index contributed by atoms with van der Waals surface area (Å²) in [5.41, 5.74) is 5.89. The van der Waals surface area contributed by atoms with Gasteiger partial charge in [-0.2, -0.15) is 0 Å². The van der Waals surface area contributed by atoms with Gasteiger partial charge in [-0.05, 0) is 19.1 Å². The molecule has 15 heavy (non-hydrogen) atoms. The third-order valence-corrected chi connectivity index (χ3v) is 1.75. The summed E-state index contributed by atoms with van der Waals surface area (Å²) in [6.07, 6.45) is 1.10. The van der Waals surface area contributed by atoms with E-state index < -0.39 is 5.91 Å². The van der Waals surface area contributed by atoms with Gasteiger partial charge in [0.25, 0.3) is 5.91 Å². The Hall–Kier alpha value is -2.10. The van der Waals surface area contributed by atoms with E-state index in [9.17, 15) is 9.59 Å². The van der Waals surface area contributed by atoms with Crippen LogP contribution in [0.15, 0.2) is 42.0 Å². The van der Waals surface area contributed by atoms with E-state index >= 15 is 0 Å². The Labute approximate surface area is 87.8 Å². The fourth-order valence-electron chi connectivity index (χ4n) is 1.03. The predicted octanol–water partition coefficient (Wildman–Crippen LogP) is 1.06. The fourth-order valence-corrected chi connectivity index (χ4v) is 1.03. The SMILES string of the molecule is C/C(=C/C(N)=O)C(=O)Nc1ccccc1. The van der Waals surface area contributed by atoms with Gasteiger partial charge in [0.15, 0.2) is 0 Å². The summed E-state index contributed by atoms with van der Waals surface area (Å²) in [4.78, 5) is 22.0. The van der Waals surface area contributed by atoms with Crippen molar-refractivity contribution in [1.82, 2.24) is 0 Å². The van der Waals surface area contributed by atoms with E-state index in [2.05, 4.69) is 5.32 Å². The van der Waals surface area contributed by atoms with Gasteiger partial charge in [0.1, 0.15) is 0 Å². The van der Waals surface area contributed by atoms with Crippen LogP contribution in [0.3, 0.4) is 0 Å². The molecule has 0 aliphatic rings. The van der Waals surface area contributed by atoms with E-state index in [1.54, 1.807) is 12.1 Å². The minimum atomic E-state index is -0.629. The topological polar surface area (TPSA) is 72.2 Å². The fraction of sp³-hybridized carbons (Fsp3) is 0.0909. The number of hydrogen-bond acceptors (Lipinski definition) is 2. The number of primary amides is 1. The molecule has 1 rings (SSSR count). The molecule has 3 N–H and O–H groups in total. The highest BCUT2D eigenvalue weighted by atomic mass is 16.2. The van der Waals surface area contributed by atoms with Crippen LogP contribution in [0.1, 0.15) is 6.92 Å². The zero-order valence-corrected chi connectivity index (χ0v) is 8.36. The highest BCUT2D eigenvalue weighted by molar-refractivity contribution is 6.06. The molecule has 0 bridgehead atoms. The third-order valence-electron chi connectivity index (χ3n) is 1.75. The van der Waals surface area contributed by atoms with E-state index in [1.807, 2.05) is 18.2 Å². The molecule has 78 valence electrons. The predicted molar refractivity (Wildman–Crippen MR) is 58.0 cm³/mol. The first-order chi connectivity index (χ1) is 7.09. The van der Waals surface area contributed by atoms with Crippen LogP contribution < -0.4 is 11.1 Å². The number of amides is 2. The lowest BCUT2D eigenvalue weighted by Crippen LogP contribution is -2.15. The van der Waals surface area contributed by atoms with Crippen molar-refractivity contribution in [1.29, 1.82) is 0 Å². The van der Waals surface area contributed by atoms with Crippen LogP contribution in [0.25, 0.3) is 0 Å². The lowest BCUT2D eigenvalue weighted by Gasteiger charge is -2.03. The van der Waals surface area contributed by atoms with Gasteiger partial charge in [-0.3, -0.25) is 9.59 Å². The lowest BCUT2D eigenvalue weighted by atomic mass is 10.2. The zero-order chi connectivity index (χ0) is 11.3. The Balaban J connectivity index is 2.68. The summed E-state index contributed by atoms with van der Waals surface area (Å²) >= 11 is 0.